The van der Waals surface area contributed by atoms with Gasteiger partial charge in [0.05, 0.1) is 5.69 Å². The Labute approximate surface area is 141 Å². The van der Waals surface area contributed by atoms with Crippen LogP contribution in [0.1, 0.15) is 35.2 Å². The number of carbonyl (C=O) groups is 1. The van der Waals surface area contributed by atoms with Crippen molar-refractivity contribution in [1.29, 1.82) is 5.26 Å². The summed E-state index contributed by atoms with van der Waals surface area (Å²) in [5, 5.41) is 29.7. The number of anilines is 1. The fourth-order valence-electron chi connectivity index (χ4n) is 2.46. The maximum Gasteiger partial charge on any atom is 0.303 e. The maximum atomic E-state index is 10.9. The summed E-state index contributed by atoms with van der Waals surface area (Å²) in [4.78, 5) is 10.9. The Balaban J connectivity index is 2.23. The lowest BCUT2D eigenvalue weighted by Crippen LogP contribution is -2.25. The minimum absolute atomic E-state index is 0.0463. The van der Waals surface area contributed by atoms with Crippen molar-refractivity contribution in [2.24, 2.45) is 0 Å². The molecular weight excluding hydrogens is 304 g/mol. The summed E-state index contributed by atoms with van der Waals surface area (Å²) in [6.45, 7) is 3.63. The molecule has 1 heterocycles. The largest absolute Gasteiger partial charge is 0.481 e. The Hall–Kier alpha value is -2.94. The van der Waals surface area contributed by atoms with Gasteiger partial charge in [0.15, 0.2) is 5.82 Å². The molecule has 0 bridgehead atoms. The molecule has 0 aliphatic carbocycles. The van der Waals surface area contributed by atoms with E-state index in [1.807, 2.05) is 37.3 Å². The van der Waals surface area contributed by atoms with Crippen LogP contribution in [0.25, 0.3) is 0 Å². The van der Waals surface area contributed by atoms with Gasteiger partial charge in [-0.05, 0) is 37.8 Å². The van der Waals surface area contributed by atoms with E-state index in [9.17, 15) is 10.1 Å². The molecule has 1 unspecified atom stereocenters. The molecule has 2 aromatic rings. The Morgan fingerprint density at radius 1 is 1.29 bits per heavy atom. The van der Waals surface area contributed by atoms with Crippen LogP contribution in [0.2, 0.25) is 0 Å². The van der Waals surface area contributed by atoms with Gasteiger partial charge in [0, 0.05) is 12.5 Å². The van der Waals surface area contributed by atoms with E-state index in [1.165, 1.54) is 0 Å². The molecule has 0 aliphatic rings. The maximum absolute atomic E-state index is 10.9. The Morgan fingerprint density at radius 3 is 2.62 bits per heavy atom. The van der Waals surface area contributed by atoms with Gasteiger partial charge in [0.1, 0.15) is 11.6 Å². The topological polar surface area (TPSA) is 98.9 Å². The molecule has 1 aromatic heterocycles. The van der Waals surface area contributed by atoms with E-state index in [0.29, 0.717) is 29.9 Å². The number of benzene rings is 1. The molecule has 24 heavy (non-hydrogen) atoms. The summed E-state index contributed by atoms with van der Waals surface area (Å²) in [5.74, 6) is -0.437. The second-order valence-corrected chi connectivity index (χ2v) is 5.71. The highest BCUT2D eigenvalue weighted by atomic mass is 16.4. The fourth-order valence-corrected chi connectivity index (χ4v) is 2.46. The molecule has 0 saturated carbocycles. The minimum atomic E-state index is -0.846. The molecule has 0 radical (unpaired) electrons. The van der Waals surface area contributed by atoms with E-state index >= 15 is 0 Å². The van der Waals surface area contributed by atoms with Crippen molar-refractivity contribution in [2.45, 2.75) is 39.2 Å². The van der Waals surface area contributed by atoms with E-state index in [-0.39, 0.29) is 12.5 Å². The summed E-state index contributed by atoms with van der Waals surface area (Å²) in [6, 6.07) is 11.8. The van der Waals surface area contributed by atoms with E-state index in [4.69, 9.17) is 5.11 Å². The number of aromatic nitrogens is 2. The smallest absolute Gasteiger partial charge is 0.303 e. The number of nitriles is 1. The van der Waals surface area contributed by atoms with Crippen molar-refractivity contribution in [3.63, 3.8) is 0 Å². The first-order valence-electron chi connectivity index (χ1n) is 7.77. The van der Waals surface area contributed by atoms with Crippen LogP contribution in [-0.2, 0) is 11.2 Å². The molecule has 0 fully saturated rings. The van der Waals surface area contributed by atoms with Crippen molar-refractivity contribution in [3.05, 3.63) is 52.7 Å². The average Bonchev–Trinajstić information content (AvgIpc) is 2.57. The van der Waals surface area contributed by atoms with Gasteiger partial charge in [-0.3, -0.25) is 4.79 Å². The molecule has 124 valence electrons. The number of carboxylic acid groups (broad SMARTS) is 1. The third-order valence-corrected chi connectivity index (χ3v) is 3.94. The third-order valence-electron chi connectivity index (χ3n) is 3.94. The first kappa shape index (κ1) is 17.4. The first-order chi connectivity index (χ1) is 11.5. The molecule has 2 rings (SSSR count). The highest BCUT2D eigenvalue weighted by Gasteiger charge is 2.17. The number of carboxylic acids is 1. The number of aliphatic carboxylic acids is 1. The average molecular weight is 324 g/mol. The lowest BCUT2D eigenvalue weighted by atomic mass is 10.0. The molecule has 0 amide bonds. The van der Waals surface area contributed by atoms with Crippen molar-refractivity contribution in [3.8, 4) is 6.07 Å². The summed E-state index contributed by atoms with van der Waals surface area (Å²) in [7, 11) is 0. The number of rotatable bonds is 7. The van der Waals surface area contributed by atoms with Gasteiger partial charge in [0.2, 0.25) is 0 Å². The Morgan fingerprint density at radius 2 is 2.00 bits per heavy atom. The van der Waals surface area contributed by atoms with Gasteiger partial charge >= 0.3 is 5.97 Å². The number of nitrogens with one attached hydrogen (secondary N) is 1. The minimum Gasteiger partial charge on any atom is -0.481 e. The number of hydrogen-bond acceptors (Lipinski definition) is 5. The summed E-state index contributed by atoms with van der Waals surface area (Å²) >= 11 is 0. The predicted molar refractivity (Wildman–Crippen MR) is 90.6 cm³/mol. The number of nitrogens with zero attached hydrogens (tertiary/aromatic N) is 3. The molecular formula is C18H20N4O2. The summed E-state index contributed by atoms with van der Waals surface area (Å²) < 4.78 is 0. The zero-order valence-corrected chi connectivity index (χ0v) is 13.8. The first-order valence-corrected chi connectivity index (χ1v) is 7.77. The van der Waals surface area contributed by atoms with Gasteiger partial charge < -0.3 is 10.4 Å². The van der Waals surface area contributed by atoms with Crippen molar-refractivity contribution < 1.29 is 9.90 Å². The monoisotopic (exact) mass is 324 g/mol. The molecule has 0 saturated heterocycles. The number of hydrogen-bond donors (Lipinski definition) is 2. The zero-order chi connectivity index (χ0) is 17.5. The Bertz CT molecular complexity index is 754. The van der Waals surface area contributed by atoms with Gasteiger partial charge in [-0.15, -0.1) is 5.10 Å². The Kier molecular flexibility index (Phi) is 5.85. The molecule has 6 nitrogen and oxygen atoms in total. The summed E-state index contributed by atoms with van der Waals surface area (Å²) in [6.07, 6.45) is 1.13. The van der Waals surface area contributed by atoms with Gasteiger partial charge in [-0.25, -0.2) is 0 Å². The van der Waals surface area contributed by atoms with Crippen LogP contribution < -0.4 is 5.32 Å². The van der Waals surface area contributed by atoms with Crippen LogP contribution in [0.3, 0.4) is 0 Å². The van der Waals surface area contributed by atoms with E-state index in [2.05, 4.69) is 21.6 Å². The fraction of sp³-hybridized carbons (Fsp3) is 0.333. The van der Waals surface area contributed by atoms with E-state index in [1.54, 1.807) is 6.92 Å². The zero-order valence-electron chi connectivity index (χ0n) is 13.8. The van der Waals surface area contributed by atoms with Gasteiger partial charge in [-0.2, -0.15) is 10.4 Å². The predicted octanol–water partition coefficient (Wildman–Crippen LogP) is 2.85. The van der Waals surface area contributed by atoms with Gasteiger partial charge in [-0.1, -0.05) is 30.3 Å². The lowest BCUT2D eigenvalue weighted by molar-refractivity contribution is -0.137. The lowest BCUT2D eigenvalue weighted by Gasteiger charge is -2.20. The van der Waals surface area contributed by atoms with Crippen LogP contribution in [0.5, 0.6) is 0 Å². The molecule has 2 N–H and O–H groups in total. The highest BCUT2D eigenvalue weighted by Crippen LogP contribution is 2.20. The second-order valence-electron chi connectivity index (χ2n) is 5.71. The highest BCUT2D eigenvalue weighted by molar-refractivity contribution is 5.66. The molecule has 0 spiro atoms. The van der Waals surface area contributed by atoms with Crippen LogP contribution >= 0.6 is 0 Å². The third kappa shape index (κ3) is 4.53. The van der Waals surface area contributed by atoms with Crippen molar-refractivity contribution >= 4 is 11.8 Å². The van der Waals surface area contributed by atoms with Crippen molar-refractivity contribution in [2.75, 3.05) is 5.32 Å². The molecule has 6 heteroatoms. The van der Waals surface area contributed by atoms with Crippen LogP contribution in [0, 0.1) is 25.2 Å². The van der Waals surface area contributed by atoms with Gasteiger partial charge in [0.25, 0.3) is 0 Å². The van der Waals surface area contributed by atoms with Crippen LogP contribution in [0.4, 0.5) is 5.82 Å². The summed E-state index contributed by atoms with van der Waals surface area (Å²) in [5.41, 5.74) is 3.04. The number of aryl methyl sites for hydroxylation is 1. The standard InChI is InChI=1S/C18H20N4O2/c1-12-13(2)21-22-18(16(12)11-19)20-15(8-9-17(23)24)10-14-6-4-3-5-7-14/h3-7,15H,8-10H2,1-2H3,(H,20,22)(H,23,24). The molecule has 0 aliphatic heterocycles. The van der Waals surface area contributed by atoms with E-state index in [0.717, 1.165) is 11.1 Å². The second kappa shape index (κ2) is 8.06. The molecule has 1 atom stereocenters. The molecule has 1 aromatic carbocycles. The SMILES string of the molecule is Cc1nnc(NC(CCC(=O)O)Cc2ccccc2)c(C#N)c1C. The van der Waals surface area contributed by atoms with Crippen LogP contribution in [-0.4, -0.2) is 27.3 Å². The van der Waals surface area contributed by atoms with Crippen molar-refractivity contribution in [1.82, 2.24) is 10.2 Å². The van der Waals surface area contributed by atoms with E-state index < -0.39 is 5.97 Å². The quantitative estimate of drug-likeness (QED) is 0.812. The normalized spacial score (nSPS) is 11.5. The van der Waals surface area contributed by atoms with Crippen LogP contribution in [0.15, 0.2) is 30.3 Å².